The van der Waals surface area contributed by atoms with Gasteiger partial charge in [-0.15, -0.1) is 22.7 Å². The molecule has 1 aliphatic rings. The standard InChI is InChI=1S/C30H25N3O3S2/c1-3-36-30(35)23-20-13-12-17-6-4-5-7-19(17)25(20)37-29(23)33-27(34)26-24(31)21-14-15-22(32-28(21)38-26)18-10-8-16(2)9-11-18/h4-11,14-15H,3,12-13,31H2,1-2H3,(H,33,34). The molecule has 190 valence electrons. The molecule has 1 aliphatic carbocycles. The van der Waals surface area contributed by atoms with Gasteiger partial charge in [0.25, 0.3) is 5.91 Å². The Labute approximate surface area is 228 Å². The van der Waals surface area contributed by atoms with Gasteiger partial charge in [-0.2, -0.15) is 0 Å². The van der Waals surface area contributed by atoms with E-state index in [1.54, 1.807) is 6.92 Å². The van der Waals surface area contributed by atoms with E-state index < -0.39 is 5.97 Å². The molecule has 3 aromatic heterocycles. The normalized spacial score (nSPS) is 12.2. The van der Waals surface area contributed by atoms with E-state index in [2.05, 4.69) is 17.4 Å². The second-order valence-electron chi connectivity index (χ2n) is 9.21. The van der Waals surface area contributed by atoms with Gasteiger partial charge in [-0.25, -0.2) is 9.78 Å². The third-order valence-electron chi connectivity index (χ3n) is 6.77. The third-order valence-corrected chi connectivity index (χ3v) is 9.06. The fraction of sp³-hybridized carbons (Fsp3) is 0.167. The Bertz CT molecular complexity index is 1720. The van der Waals surface area contributed by atoms with E-state index in [4.69, 9.17) is 15.5 Å². The predicted molar refractivity (Wildman–Crippen MR) is 155 cm³/mol. The number of benzene rings is 2. The number of fused-ring (bicyclic) bond motifs is 4. The van der Waals surface area contributed by atoms with Gasteiger partial charge in [0.15, 0.2) is 0 Å². The van der Waals surface area contributed by atoms with Crippen LogP contribution in [0, 0.1) is 6.92 Å². The number of nitrogens with zero attached hydrogens (tertiary/aromatic N) is 1. The van der Waals surface area contributed by atoms with Crippen LogP contribution in [0.4, 0.5) is 10.7 Å². The van der Waals surface area contributed by atoms with Crippen molar-refractivity contribution in [3.8, 4) is 21.7 Å². The van der Waals surface area contributed by atoms with Crippen molar-refractivity contribution in [2.45, 2.75) is 26.7 Å². The van der Waals surface area contributed by atoms with E-state index in [9.17, 15) is 9.59 Å². The average molecular weight is 540 g/mol. The number of amides is 1. The van der Waals surface area contributed by atoms with Crippen molar-refractivity contribution >= 4 is 55.5 Å². The number of aromatic nitrogens is 1. The van der Waals surface area contributed by atoms with Crippen LogP contribution in [0.3, 0.4) is 0 Å². The molecule has 5 aromatic rings. The average Bonchev–Trinajstić information content (AvgIpc) is 3.46. The molecule has 6 rings (SSSR count). The number of pyridine rings is 1. The molecule has 0 bridgehead atoms. The van der Waals surface area contributed by atoms with Crippen LogP contribution in [0.5, 0.6) is 0 Å². The zero-order valence-electron chi connectivity index (χ0n) is 21.0. The van der Waals surface area contributed by atoms with Gasteiger partial charge in [0.1, 0.15) is 14.7 Å². The number of rotatable bonds is 5. The molecule has 3 N–H and O–H groups in total. The van der Waals surface area contributed by atoms with Crippen LogP contribution in [0.1, 0.15) is 43.6 Å². The minimum atomic E-state index is -0.423. The molecule has 6 nitrogen and oxygen atoms in total. The highest BCUT2D eigenvalue weighted by Crippen LogP contribution is 2.46. The smallest absolute Gasteiger partial charge is 0.341 e. The van der Waals surface area contributed by atoms with Crippen molar-refractivity contribution in [1.82, 2.24) is 4.98 Å². The second-order valence-corrected chi connectivity index (χ2v) is 11.2. The van der Waals surface area contributed by atoms with Crippen molar-refractivity contribution in [2.24, 2.45) is 0 Å². The number of anilines is 2. The lowest BCUT2D eigenvalue weighted by Gasteiger charge is -2.16. The molecule has 0 atom stereocenters. The number of hydrogen-bond acceptors (Lipinski definition) is 7. The fourth-order valence-electron chi connectivity index (χ4n) is 4.86. The largest absolute Gasteiger partial charge is 0.462 e. The molecule has 38 heavy (non-hydrogen) atoms. The van der Waals surface area contributed by atoms with Crippen LogP contribution >= 0.6 is 22.7 Å². The number of nitrogen functional groups attached to an aromatic ring is 1. The van der Waals surface area contributed by atoms with Gasteiger partial charge in [0.05, 0.1) is 23.6 Å². The summed E-state index contributed by atoms with van der Waals surface area (Å²) < 4.78 is 5.39. The highest BCUT2D eigenvalue weighted by atomic mass is 32.1. The summed E-state index contributed by atoms with van der Waals surface area (Å²) in [4.78, 5) is 33.4. The van der Waals surface area contributed by atoms with Gasteiger partial charge < -0.3 is 15.8 Å². The number of carbonyl (C=O) groups is 2. The van der Waals surface area contributed by atoms with Crippen LogP contribution in [-0.2, 0) is 17.6 Å². The Morgan fingerprint density at radius 3 is 2.61 bits per heavy atom. The van der Waals surface area contributed by atoms with Gasteiger partial charge in [0.2, 0.25) is 0 Å². The summed E-state index contributed by atoms with van der Waals surface area (Å²) in [7, 11) is 0. The first kappa shape index (κ1) is 24.3. The molecule has 0 aliphatic heterocycles. The van der Waals surface area contributed by atoms with Crippen LogP contribution in [0.15, 0.2) is 60.7 Å². The molecule has 3 heterocycles. The summed E-state index contributed by atoms with van der Waals surface area (Å²) in [6, 6.07) is 20.2. The van der Waals surface area contributed by atoms with Gasteiger partial charge in [-0.1, -0.05) is 54.1 Å². The summed E-state index contributed by atoms with van der Waals surface area (Å²) in [5.41, 5.74) is 13.5. The molecule has 1 amide bonds. The SMILES string of the molecule is CCOC(=O)c1c(NC(=O)c2sc3nc(-c4ccc(C)cc4)ccc3c2N)sc2c1CCc1ccccc1-2. The first-order valence-electron chi connectivity index (χ1n) is 12.4. The van der Waals surface area contributed by atoms with E-state index in [1.165, 1.54) is 33.8 Å². The van der Waals surface area contributed by atoms with Crippen molar-refractivity contribution in [3.05, 3.63) is 87.8 Å². The van der Waals surface area contributed by atoms with Crippen LogP contribution in [0.25, 0.3) is 31.9 Å². The highest BCUT2D eigenvalue weighted by Gasteiger charge is 2.30. The Hall–Kier alpha value is -4.01. The Morgan fingerprint density at radius 2 is 1.82 bits per heavy atom. The van der Waals surface area contributed by atoms with E-state index >= 15 is 0 Å². The third kappa shape index (κ3) is 4.15. The van der Waals surface area contributed by atoms with E-state index in [0.717, 1.165) is 39.1 Å². The van der Waals surface area contributed by atoms with Crippen LogP contribution < -0.4 is 11.1 Å². The zero-order valence-corrected chi connectivity index (χ0v) is 22.6. The second kappa shape index (κ2) is 9.70. The molecule has 2 aromatic carbocycles. The number of thiophene rings is 2. The zero-order chi connectivity index (χ0) is 26.4. The Morgan fingerprint density at radius 1 is 1.03 bits per heavy atom. The van der Waals surface area contributed by atoms with Crippen molar-refractivity contribution < 1.29 is 14.3 Å². The number of nitrogens with one attached hydrogen (secondary N) is 1. The summed E-state index contributed by atoms with van der Waals surface area (Å²) in [6.07, 6.45) is 1.54. The minimum Gasteiger partial charge on any atom is -0.462 e. The van der Waals surface area contributed by atoms with Gasteiger partial charge >= 0.3 is 5.97 Å². The first-order chi connectivity index (χ1) is 18.4. The van der Waals surface area contributed by atoms with Gasteiger partial charge in [-0.05, 0) is 55.5 Å². The first-order valence-corrected chi connectivity index (χ1v) is 14.1. The maximum absolute atomic E-state index is 13.5. The van der Waals surface area contributed by atoms with Gasteiger partial charge in [-0.3, -0.25) is 4.79 Å². The number of esters is 1. The van der Waals surface area contributed by atoms with E-state index in [1.807, 2.05) is 55.5 Å². The van der Waals surface area contributed by atoms with E-state index in [0.29, 0.717) is 32.4 Å². The lowest BCUT2D eigenvalue weighted by atomic mass is 9.89. The molecule has 0 fully saturated rings. The van der Waals surface area contributed by atoms with Crippen molar-refractivity contribution in [3.63, 3.8) is 0 Å². The summed E-state index contributed by atoms with van der Waals surface area (Å²) in [5, 5.41) is 4.21. The lowest BCUT2D eigenvalue weighted by Crippen LogP contribution is -2.16. The van der Waals surface area contributed by atoms with Crippen molar-refractivity contribution in [1.29, 1.82) is 0 Å². The molecular weight excluding hydrogens is 514 g/mol. The Balaban J connectivity index is 1.37. The van der Waals surface area contributed by atoms with Crippen LogP contribution in [-0.4, -0.2) is 23.5 Å². The maximum atomic E-state index is 13.5. The Kier molecular flexibility index (Phi) is 6.21. The fourth-order valence-corrected chi connectivity index (χ4v) is 7.14. The van der Waals surface area contributed by atoms with E-state index in [-0.39, 0.29) is 12.5 Å². The molecular formula is C30H25N3O3S2. The van der Waals surface area contributed by atoms with Crippen molar-refractivity contribution in [2.75, 3.05) is 17.7 Å². The molecule has 0 saturated carbocycles. The molecule has 8 heteroatoms. The number of carbonyl (C=O) groups excluding carboxylic acids is 2. The quantitative estimate of drug-likeness (QED) is 0.232. The summed E-state index contributed by atoms with van der Waals surface area (Å²) in [5.74, 6) is -0.784. The summed E-state index contributed by atoms with van der Waals surface area (Å²) in [6.45, 7) is 4.08. The topological polar surface area (TPSA) is 94.3 Å². The number of ether oxygens (including phenoxy) is 1. The maximum Gasteiger partial charge on any atom is 0.341 e. The monoisotopic (exact) mass is 539 g/mol. The lowest BCUT2D eigenvalue weighted by molar-refractivity contribution is 0.0527. The summed E-state index contributed by atoms with van der Waals surface area (Å²) >= 11 is 2.66. The number of aryl methyl sites for hydroxylation is 2. The molecule has 0 radical (unpaired) electrons. The molecule has 0 unspecified atom stereocenters. The van der Waals surface area contributed by atoms with Gasteiger partial charge in [0, 0.05) is 15.8 Å². The predicted octanol–water partition coefficient (Wildman–Crippen LogP) is 7.11. The highest BCUT2D eigenvalue weighted by molar-refractivity contribution is 7.22. The molecule has 0 spiro atoms. The minimum absolute atomic E-state index is 0.256. The van der Waals surface area contributed by atoms with Crippen LogP contribution in [0.2, 0.25) is 0 Å². The number of nitrogens with two attached hydrogens (primary N) is 1. The number of hydrogen-bond donors (Lipinski definition) is 2. The molecule has 0 saturated heterocycles.